The van der Waals surface area contributed by atoms with E-state index in [1.165, 1.54) is 18.6 Å². The second-order valence-corrected chi connectivity index (χ2v) is 7.64. The summed E-state index contributed by atoms with van der Waals surface area (Å²) in [5.74, 6) is 0.676. The van der Waals surface area contributed by atoms with Crippen molar-refractivity contribution in [3.63, 3.8) is 0 Å². The molecule has 24 heavy (non-hydrogen) atoms. The first kappa shape index (κ1) is 16.6. The van der Waals surface area contributed by atoms with Crippen LogP contribution in [0.2, 0.25) is 0 Å². The number of benzene rings is 2. The first-order valence-electron chi connectivity index (χ1n) is 7.24. The van der Waals surface area contributed by atoms with Gasteiger partial charge in [-0.2, -0.15) is 9.36 Å². The van der Waals surface area contributed by atoms with Crippen LogP contribution in [-0.4, -0.2) is 24.8 Å². The lowest BCUT2D eigenvalue weighted by Gasteiger charge is -2.06. The van der Waals surface area contributed by atoms with Gasteiger partial charge in [-0.3, -0.25) is 0 Å². The van der Waals surface area contributed by atoms with Crippen molar-refractivity contribution in [2.75, 3.05) is 12.4 Å². The fourth-order valence-corrected chi connectivity index (χ4v) is 3.50. The number of nitrogens with zero attached hydrogens (tertiary/aromatic N) is 2. The number of hydrogen-bond acceptors (Lipinski definition) is 6. The predicted octanol–water partition coefficient (Wildman–Crippen LogP) is 2.73. The van der Waals surface area contributed by atoms with E-state index in [1.807, 2.05) is 36.4 Å². The van der Waals surface area contributed by atoms with Gasteiger partial charge in [0.05, 0.1) is 4.90 Å². The molecule has 8 heteroatoms. The van der Waals surface area contributed by atoms with E-state index in [0.717, 1.165) is 11.1 Å². The largest absolute Gasteiger partial charge is 0.356 e. The number of hydrogen-bond donors (Lipinski definition) is 2. The molecule has 0 aliphatic heterocycles. The van der Waals surface area contributed by atoms with Gasteiger partial charge in [0.25, 0.3) is 0 Å². The molecule has 0 saturated heterocycles. The predicted molar refractivity (Wildman–Crippen MR) is 95.4 cm³/mol. The highest BCUT2D eigenvalue weighted by molar-refractivity contribution is 7.89. The van der Waals surface area contributed by atoms with Crippen LogP contribution in [-0.2, 0) is 16.6 Å². The highest BCUT2D eigenvalue weighted by Crippen LogP contribution is 2.21. The Morgan fingerprint density at radius 2 is 1.88 bits per heavy atom. The molecule has 3 aromatic rings. The Labute approximate surface area is 144 Å². The van der Waals surface area contributed by atoms with Crippen LogP contribution in [0.1, 0.15) is 5.56 Å². The molecular weight excluding hydrogens is 344 g/mol. The van der Waals surface area contributed by atoms with E-state index in [-0.39, 0.29) is 4.90 Å². The minimum atomic E-state index is -3.44. The van der Waals surface area contributed by atoms with Crippen molar-refractivity contribution < 1.29 is 8.42 Å². The minimum absolute atomic E-state index is 0.242. The van der Waals surface area contributed by atoms with E-state index in [1.54, 1.807) is 18.2 Å². The molecule has 124 valence electrons. The van der Waals surface area contributed by atoms with Crippen LogP contribution in [0.4, 0.5) is 5.13 Å². The second kappa shape index (κ2) is 7.08. The van der Waals surface area contributed by atoms with E-state index in [2.05, 4.69) is 19.4 Å². The monoisotopic (exact) mass is 360 g/mol. The van der Waals surface area contributed by atoms with E-state index < -0.39 is 10.0 Å². The van der Waals surface area contributed by atoms with Crippen LogP contribution in [0, 0.1) is 0 Å². The van der Waals surface area contributed by atoms with Crippen molar-refractivity contribution in [3.05, 3.63) is 60.2 Å². The zero-order valence-electron chi connectivity index (χ0n) is 12.9. The Hall–Kier alpha value is -2.29. The van der Waals surface area contributed by atoms with Crippen molar-refractivity contribution >= 4 is 26.7 Å². The number of rotatable bonds is 6. The second-order valence-electron chi connectivity index (χ2n) is 5.00. The third kappa shape index (κ3) is 3.78. The van der Waals surface area contributed by atoms with E-state index in [9.17, 15) is 8.42 Å². The van der Waals surface area contributed by atoms with Crippen LogP contribution >= 0.6 is 11.5 Å². The lowest BCUT2D eigenvalue weighted by Crippen LogP contribution is -2.18. The number of sulfonamides is 1. The lowest BCUT2D eigenvalue weighted by molar-refractivity contribution is 0.588. The Morgan fingerprint density at radius 1 is 1.08 bits per heavy atom. The molecule has 0 bridgehead atoms. The van der Waals surface area contributed by atoms with E-state index >= 15 is 0 Å². The van der Waals surface area contributed by atoms with Gasteiger partial charge in [0, 0.05) is 23.6 Å². The smallest absolute Gasteiger partial charge is 0.240 e. The molecule has 0 spiro atoms. The molecule has 6 nitrogen and oxygen atoms in total. The van der Waals surface area contributed by atoms with E-state index in [0.29, 0.717) is 17.5 Å². The summed E-state index contributed by atoms with van der Waals surface area (Å²) in [5.41, 5.74) is 1.81. The normalized spacial score (nSPS) is 11.4. The summed E-state index contributed by atoms with van der Waals surface area (Å²) in [4.78, 5) is 4.69. The summed E-state index contributed by atoms with van der Waals surface area (Å²) < 4.78 is 30.3. The highest BCUT2D eigenvalue weighted by atomic mass is 32.2. The standard InChI is InChI=1S/C16H16N4O2S2/c1-17-24(21,22)14-9-5-6-12(10-14)11-18-16-19-15(20-23-16)13-7-3-2-4-8-13/h2-10,17H,11H2,1H3,(H,18,19,20). The lowest BCUT2D eigenvalue weighted by atomic mass is 10.2. The van der Waals surface area contributed by atoms with Gasteiger partial charge in [0.2, 0.25) is 15.2 Å². The molecule has 0 fully saturated rings. The molecule has 1 heterocycles. The summed E-state index contributed by atoms with van der Waals surface area (Å²) in [7, 11) is -2.04. The fourth-order valence-electron chi connectivity index (χ4n) is 2.12. The zero-order valence-corrected chi connectivity index (χ0v) is 14.6. The van der Waals surface area contributed by atoms with Crippen LogP contribution in [0.3, 0.4) is 0 Å². The van der Waals surface area contributed by atoms with Gasteiger partial charge >= 0.3 is 0 Å². The maximum atomic E-state index is 11.8. The molecule has 3 rings (SSSR count). The molecule has 0 amide bonds. The Balaban J connectivity index is 1.71. The third-order valence-corrected chi connectivity index (χ3v) is 5.46. The molecule has 2 N–H and O–H groups in total. The maximum Gasteiger partial charge on any atom is 0.240 e. The molecule has 1 aromatic heterocycles. The fraction of sp³-hybridized carbons (Fsp3) is 0.125. The van der Waals surface area contributed by atoms with Crippen LogP contribution in [0.15, 0.2) is 59.5 Å². The Kier molecular flexibility index (Phi) is 4.89. The molecule has 2 aromatic carbocycles. The summed E-state index contributed by atoms with van der Waals surface area (Å²) in [6, 6.07) is 16.5. The molecule has 0 aliphatic rings. The Morgan fingerprint density at radius 3 is 2.62 bits per heavy atom. The third-order valence-electron chi connectivity index (χ3n) is 3.38. The molecule has 0 unspecified atom stereocenters. The van der Waals surface area contributed by atoms with Crippen molar-refractivity contribution in [3.8, 4) is 11.4 Å². The minimum Gasteiger partial charge on any atom is -0.356 e. The highest BCUT2D eigenvalue weighted by Gasteiger charge is 2.11. The first-order chi connectivity index (χ1) is 11.6. The summed E-state index contributed by atoms with van der Waals surface area (Å²) in [5, 5.41) is 3.87. The van der Waals surface area contributed by atoms with Gasteiger partial charge in [0.15, 0.2) is 5.82 Å². The van der Waals surface area contributed by atoms with Gasteiger partial charge in [-0.25, -0.2) is 13.1 Å². The van der Waals surface area contributed by atoms with Crippen molar-refractivity contribution in [2.24, 2.45) is 0 Å². The van der Waals surface area contributed by atoms with Gasteiger partial charge in [-0.05, 0) is 24.7 Å². The molecular formula is C16H16N4O2S2. The average molecular weight is 360 g/mol. The van der Waals surface area contributed by atoms with Crippen molar-refractivity contribution in [2.45, 2.75) is 11.4 Å². The Bertz CT molecular complexity index is 924. The van der Waals surface area contributed by atoms with Gasteiger partial charge in [-0.15, -0.1) is 0 Å². The number of anilines is 1. The topological polar surface area (TPSA) is 84.0 Å². The quantitative estimate of drug-likeness (QED) is 0.706. The van der Waals surface area contributed by atoms with Crippen molar-refractivity contribution in [1.82, 2.24) is 14.1 Å². The number of nitrogens with one attached hydrogen (secondary N) is 2. The summed E-state index contributed by atoms with van der Waals surface area (Å²) in [6.07, 6.45) is 0. The summed E-state index contributed by atoms with van der Waals surface area (Å²) >= 11 is 1.28. The molecule has 0 saturated carbocycles. The molecule has 0 atom stereocenters. The van der Waals surface area contributed by atoms with E-state index in [4.69, 9.17) is 0 Å². The van der Waals surface area contributed by atoms with Crippen molar-refractivity contribution in [1.29, 1.82) is 0 Å². The maximum absolute atomic E-state index is 11.8. The average Bonchev–Trinajstić information content (AvgIpc) is 3.10. The zero-order chi connectivity index (χ0) is 17.0. The molecule has 0 aliphatic carbocycles. The van der Waals surface area contributed by atoms with Crippen LogP contribution in [0.5, 0.6) is 0 Å². The van der Waals surface area contributed by atoms with Gasteiger partial charge < -0.3 is 5.32 Å². The SMILES string of the molecule is CNS(=O)(=O)c1cccc(CNc2nc(-c3ccccc3)ns2)c1. The first-order valence-corrected chi connectivity index (χ1v) is 9.49. The summed E-state index contributed by atoms with van der Waals surface area (Å²) in [6.45, 7) is 0.469. The number of aromatic nitrogens is 2. The van der Waals surface area contributed by atoms with Gasteiger partial charge in [0.1, 0.15) is 0 Å². The molecule has 0 radical (unpaired) electrons. The van der Waals surface area contributed by atoms with Crippen LogP contribution < -0.4 is 10.0 Å². The van der Waals surface area contributed by atoms with Crippen LogP contribution in [0.25, 0.3) is 11.4 Å². The van der Waals surface area contributed by atoms with Gasteiger partial charge in [-0.1, -0.05) is 42.5 Å².